The summed E-state index contributed by atoms with van der Waals surface area (Å²) in [5, 5.41) is 3.70. The van der Waals surface area contributed by atoms with Gasteiger partial charge in [-0.05, 0) is 78.5 Å². The number of benzene rings is 1. The van der Waals surface area contributed by atoms with Crippen molar-refractivity contribution in [3.8, 4) is 0 Å². The largest absolute Gasteiger partial charge is 0.385 e. The molecule has 0 atom stereocenters. The first-order chi connectivity index (χ1) is 10.8. The van der Waals surface area contributed by atoms with Crippen molar-refractivity contribution in [1.29, 1.82) is 0 Å². The molecule has 1 aromatic carbocycles. The summed E-state index contributed by atoms with van der Waals surface area (Å²) in [5.74, 6) is 0.787. The van der Waals surface area contributed by atoms with E-state index in [1.54, 1.807) is 11.1 Å². The SMILES string of the molecule is CC1(C)CCC(C)(C)c2cc(NC[C@H]3CC[C@H](N)CC3)ccc21. The highest BCUT2D eigenvalue weighted by Gasteiger charge is 2.36. The van der Waals surface area contributed by atoms with E-state index in [0.717, 1.165) is 12.5 Å². The Morgan fingerprint density at radius 2 is 1.57 bits per heavy atom. The third kappa shape index (κ3) is 3.57. The molecule has 2 nitrogen and oxygen atoms in total. The predicted molar refractivity (Wildman–Crippen MR) is 100 cm³/mol. The first kappa shape index (κ1) is 16.8. The molecule has 3 rings (SSSR count). The van der Waals surface area contributed by atoms with Crippen molar-refractivity contribution in [1.82, 2.24) is 0 Å². The van der Waals surface area contributed by atoms with E-state index in [1.807, 2.05) is 0 Å². The number of hydrogen-bond acceptors (Lipinski definition) is 2. The van der Waals surface area contributed by atoms with Crippen LogP contribution in [0.3, 0.4) is 0 Å². The first-order valence-electron chi connectivity index (χ1n) is 9.42. The van der Waals surface area contributed by atoms with Crippen LogP contribution >= 0.6 is 0 Å². The second kappa shape index (κ2) is 6.12. The summed E-state index contributed by atoms with van der Waals surface area (Å²) in [4.78, 5) is 0. The van der Waals surface area contributed by atoms with Gasteiger partial charge in [-0.25, -0.2) is 0 Å². The summed E-state index contributed by atoms with van der Waals surface area (Å²) in [7, 11) is 0. The molecule has 1 saturated carbocycles. The number of rotatable bonds is 3. The number of anilines is 1. The summed E-state index contributed by atoms with van der Waals surface area (Å²) >= 11 is 0. The molecule has 3 N–H and O–H groups in total. The van der Waals surface area contributed by atoms with Gasteiger partial charge in [-0.1, -0.05) is 33.8 Å². The minimum Gasteiger partial charge on any atom is -0.385 e. The molecule has 0 aliphatic heterocycles. The van der Waals surface area contributed by atoms with E-state index in [2.05, 4.69) is 51.2 Å². The van der Waals surface area contributed by atoms with E-state index in [1.165, 1.54) is 44.2 Å². The zero-order valence-corrected chi connectivity index (χ0v) is 15.4. The Morgan fingerprint density at radius 1 is 0.957 bits per heavy atom. The molecule has 0 aromatic heterocycles. The monoisotopic (exact) mass is 314 g/mol. The molecule has 0 spiro atoms. The lowest BCUT2D eigenvalue weighted by Gasteiger charge is -2.42. The highest BCUT2D eigenvalue weighted by molar-refractivity contribution is 5.53. The minimum absolute atomic E-state index is 0.292. The van der Waals surface area contributed by atoms with Crippen LogP contribution in [0.15, 0.2) is 18.2 Å². The lowest BCUT2D eigenvalue weighted by molar-refractivity contribution is 0.331. The summed E-state index contributed by atoms with van der Waals surface area (Å²) < 4.78 is 0. The Bertz CT molecular complexity index is 551. The van der Waals surface area contributed by atoms with Crippen LogP contribution in [0.2, 0.25) is 0 Å². The Hall–Kier alpha value is -1.02. The lowest BCUT2D eigenvalue weighted by atomic mass is 9.63. The van der Waals surface area contributed by atoms with Gasteiger partial charge in [0, 0.05) is 18.3 Å². The molecule has 128 valence electrons. The van der Waals surface area contributed by atoms with Gasteiger partial charge in [-0.2, -0.15) is 0 Å². The fourth-order valence-electron chi connectivity index (χ4n) is 4.35. The molecule has 2 aliphatic rings. The van der Waals surface area contributed by atoms with Crippen LogP contribution in [0.5, 0.6) is 0 Å². The number of fused-ring (bicyclic) bond motifs is 1. The van der Waals surface area contributed by atoms with Gasteiger partial charge in [0.15, 0.2) is 0 Å². The highest BCUT2D eigenvalue weighted by atomic mass is 14.9. The van der Waals surface area contributed by atoms with Gasteiger partial charge in [0.25, 0.3) is 0 Å². The molecule has 0 heterocycles. The third-order valence-corrected chi connectivity index (χ3v) is 6.34. The van der Waals surface area contributed by atoms with Crippen molar-refractivity contribution in [3.05, 3.63) is 29.3 Å². The molecule has 2 heteroatoms. The fraction of sp³-hybridized carbons (Fsp3) is 0.714. The van der Waals surface area contributed by atoms with E-state index < -0.39 is 0 Å². The quantitative estimate of drug-likeness (QED) is 0.827. The predicted octanol–water partition coefficient (Wildman–Crippen LogP) is 4.97. The molecule has 0 radical (unpaired) electrons. The molecule has 0 bridgehead atoms. The topological polar surface area (TPSA) is 38.0 Å². The van der Waals surface area contributed by atoms with Crippen molar-refractivity contribution < 1.29 is 0 Å². The Labute approximate surface area is 142 Å². The molecule has 0 unspecified atom stereocenters. The molecule has 1 aromatic rings. The standard InChI is InChI=1S/C21H34N2/c1-20(2)11-12-21(3,4)19-13-17(9-10-18(19)20)23-14-15-5-7-16(22)8-6-15/h9-10,13,15-16,23H,5-8,11-12,14,22H2,1-4H3/t15-,16-. The summed E-state index contributed by atoms with van der Waals surface area (Å²) in [6, 6.07) is 7.52. The van der Waals surface area contributed by atoms with Crippen LogP contribution in [0.25, 0.3) is 0 Å². The van der Waals surface area contributed by atoms with E-state index in [9.17, 15) is 0 Å². The van der Waals surface area contributed by atoms with Crippen molar-refractivity contribution in [2.45, 2.75) is 83.1 Å². The molecule has 0 saturated heterocycles. The fourth-order valence-corrected chi connectivity index (χ4v) is 4.35. The molecule has 2 aliphatic carbocycles. The molecular formula is C21H34N2. The van der Waals surface area contributed by atoms with E-state index in [4.69, 9.17) is 5.73 Å². The average Bonchev–Trinajstić information content (AvgIpc) is 2.51. The van der Waals surface area contributed by atoms with E-state index in [-0.39, 0.29) is 0 Å². The third-order valence-electron chi connectivity index (χ3n) is 6.34. The van der Waals surface area contributed by atoms with E-state index in [0.29, 0.717) is 16.9 Å². The second-order valence-electron chi connectivity index (χ2n) is 9.19. The lowest BCUT2D eigenvalue weighted by Crippen LogP contribution is -2.34. The van der Waals surface area contributed by atoms with Crippen molar-refractivity contribution in [2.24, 2.45) is 11.7 Å². The minimum atomic E-state index is 0.292. The number of nitrogens with two attached hydrogens (primary N) is 1. The van der Waals surface area contributed by atoms with Gasteiger partial charge in [-0.3, -0.25) is 0 Å². The maximum absolute atomic E-state index is 6.02. The Morgan fingerprint density at radius 3 is 2.22 bits per heavy atom. The van der Waals surface area contributed by atoms with Crippen LogP contribution in [-0.2, 0) is 10.8 Å². The molecule has 1 fully saturated rings. The summed E-state index contributed by atoms with van der Waals surface area (Å²) in [6.07, 6.45) is 7.49. The van der Waals surface area contributed by atoms with Gasteiger partial charge in [-0.15, -0.1) is 0 Å². The van der Waals surface area contributed by atoms with Crippen molar-refractivity contribution in [2.75, 3.05) is 11.9 Å². The summed E-state index contributed by atoms with van der Waals surface area (Å²) in [6.45, 7) is 10.7. The first-order valence-corrected chi connectivity index (χ1v) is 9.42. The van der Waals surface area contributed by atoms with Gasteiger partial charge in [0.05, 0.1) is 0 Å². The zero-order chi connectivity index (χ0) is 16.7. The number of nitrogens with one attached hydrogen (secondary N) is 1. The highest BCUT2D eigenvalue weighted by Crippen LogP contribution is 2.46. The van der Waals surface area contributed by atoms with Crippen molar-refractivity contribution in [3.63, 3.8) is 0 Å². The van der Waals surface area contributed by atoms with E-state index >= 15 is 0 Å². The summed E-state index contributed by atoms with van der Waals surface area (Å²) in [5.41, 5.74) is 11.0. The second-order valence-corrected chi connectivity index (χ2v) is 9.19. The normalized spacial score (nSPS) is 28.9. The maximum Gasteiger partial charge on any atom is 0.0343 e. The van der Waals surface area contributed by atoms with Gasteiger partial charge in [0.2, 0.25) is 0 Å². The number of hydrogen-bond donors (Lipinski definition) is 2. The smallest absolute Gasteiger partial charge is 0.0343 e. The van der Waals surface area contributed by atoms with Gasteiger partial charge >= 0.3 is 0 Å². The Balaban J connectivity index is 1.72. The maximum atomic E-state index is 6.02. The Kier molecular flexibility index (Phi) is 4.48. The molecule has 0 amide bonds. The van der Waals surface area contributed by atoms with Crippen molar-refractivity contribution >= 4 is 5.69 Å². The van der Waals surface area contributed by atoms with Gasteiger partial charge < -0.3 is 11.1 Å². The van der Waals surface area contributed by atoms with Gasteiger partial charge in [0.1, 0.15) is 0 Å². The van der Waals surface area contributed by atoms with Crippen LogP contribution in [-0.4, -0.2) is 12.6 Å². The van der Waals surface area contributed by atoms with Crippen LogP contribution < -0.4 is 11.1 Å². The van der Waals surface area contributed by atoms with Crippen LogP contribution in [0.4, 0.5) is 5.69 Å². The zero-order valence-electron chi connectivity index (χ0n) is 15.4. The average molecular weight is 315 g/mol. The molecular weight excluding hydrogens is 280 g/mol. The van der Waals surface area contributed by atoms with Crippen LogP contribution in [0, 0.1) is 5.92 Å². The molecule has 23 heavy (non-hydrogen) atoms. The van der Waals surface area contributed by atoms with Crippen LogP contribution in [0.1, 0.15) is 77.3 Å².